The van der Waals surface area contributed by atoms with Gasteiger partial charge in [-0.25, -0.2) is 0 Å². The molecule has 6 fully saturated rings. The molecule has 7 rings (SSSR count). The van der Waals surface area contributed by atoms with Crippen LogP contribution >= 0.6 is 0 Å². The van der Waals surface area contributed by atoms with Crippen LogP contribution in [-0.4, -0.2) is 128 Å². The number of fused-ring (bicyclic) bond motifs is 7. The molecule has 18 atom stereocenters. The molecule has 4 saturated carbocycles. The Bertz CT molecular complexity index is 1480. The van der Waals surface area contributed by atoms with E-state index in [0.29, 0.717) is 18.8 Å². The molecule has 0 amide bonds. The lowest BCUT2D eigenvalue weighted by atomic mass is 9.33. The highest BCUT2D eigenvalue weighted by Crippen LogP contribution is 2.76. The Kier molecular flexibility index (Phi) is 10.8. The SMILES string of the molecule is CC1(C)CC[C@]2(C(=O)O)CC[C@]3(C)C(=CC[C@@H]4[C@@]5(C)CC[C@H](O[C@@H]6O[C@H](CO)[C@H](O)[C@H](O)[C@H]6O[C@@H]6O[C@H](CO)[C@@H](O)[C@H](O)[C@H]6O)C(C)(C)[C@@H]5CC[C@]43C)[C@@H]2C1. The minimum absolute atomic E-state index is 0.0240. The lowest BCUT2D eigenvalue weighted by Crippen LogP contribution is -2.67. The third-order valence-electron chi connectivity index (χ3n) is 17.3. The summed E-state index contributed by atoms with van der Waals surface area (Å²) in [5.41, 5.74) is 0.210. The zero-order valence-electron chi connectivity index (χ0n) is 33.8. The van der Waals surface area contributed by atoms with E-state index in [-0.39, 0.29) is 39.6 Å². The quantitative estimate of drug-likeness (QED) is 0.138. The fourth-order valence-electron chi connectivity index (χ4n) is 13.7. The molecule has 2 saturated heterocycles. The lowest BCUT2D eigenvalue weighted by Gasteiger charge is -2.71. The first-order valence-electron chi connectivity index (χ1n) is 20.8. The molecule has 314 valence electrons. The van der Waals surface area contributed by atoms with Crippen LogP contribution in [0, 0.1) is 50.2 Å². The van der Waals surface area contributed by atoms with Gasteiger partial charge in [-0.2, -0.15) is 0 Å². The fourth-order valence-corrected chi connectivity index (χ4v) is 13.7. The van der Waals surface area contributed by atoms with E-state index < -0.39 is 91.4 Å². The van der Waals surface area contributed by atoms with Gasteiger partial charge in [-0.15, -0.1) is 0 Å². The smallest absolute Gasteiger partial charge is 0.310 e. The standard InChI is InChI=1S/C42H68O13/c1-37(2)14-16-42(36(50)51)17-15-40(6)21(22(42)18-37)8-9-26-39(5)12-11-27(38(3,4)25(39)10-13-41(26,40)7)54-35-33(31(48)29(46)24(20-44)53-35)55-34-32(49)30(47)28(45)23(19-43)52-34/h8,22-35,43-49H,9-20H2,1-7H3,(H,50,51)/t22-,23+,24+,25-,26+,27-,28+,29-,30-,31-,32+,33+,34-,35-,39-,40+,41+,42-/m0/s1. The molecule has 0 aromatic heterocycles. The van der Waals surface area contributed by atoms with E-state index in [0.717, 1.165) is 51.4 Å². The molecule has 2 aliphatic heterocycles. The van der Waals surface area contributed by atoms with Crippen LogP contribution in [0.15, 0.2) is 11.6 Å². The van der Waals surface area contributed by atoms with Gasteiger partial charge in [0.25, 0.3) is 0 Å². The van der Waals surface area contributed by atoms with Crippen LogP contribution in [0.4, 0.5) is 0 Å². The number of hydrogen-bond acceptors (Lipinski definition) is 12. The molecule has 0 bridgehead atoms. The number of aliphatic carboxylic acids is 1. The van der Waals surface area contributed by atoms with Crippen molar-refractivity contribution in [2.75, 3.05) is 13.2 Å². The van der Waals surface area contributed by atoms with E-state index in [4.69, 9.17) is 18.9 Å². The number of ether oxygens (including phenoxy) is 4. The van der Waals surface area contributed by atoms with E-state index in [1.54, 1.807) is 0 Å². The molecule has 13 nitrogen and oxygen atoms in total. The van der Waals surface area contributed by atoms with E-state index in [1.165, 1.54) is 5.57 Å². The first kappa shape index (κ1) is 41.9. The number of carboxylic acids is 1. The van der Waals surface area contributed by atoms with Gasteiger partial charge in [-0.3, -0.25) is 4.79 Å². The van der Waals surface area contributed by atoms with Crippen molar-refractivity contribution >= 4 is 5.97 Å². The molecule has 0 radical (unpaired) electrons. The number of carbonyl (C=O) groups is 1. The highest BCUT2D eigenvalue weighted by atomic mass is 16.8. The molecule has 0 spiro atoms. The summed E-state index contributed by atoms with van der Waals surface area (Å²) in [6.07, 6.45) is -4.41. The Hall–Kier alpha value is -1.23. The Morgan fingerprint density at radius 1 is 0.727 bits per heavy atom. The van der Waals surface area contributed by atoms with Crippen molar-refractivity contribution in [3.05, 3.63) is 11.6 Å². The van der Waals surface area contributed by atoms with E-state index >= 15 is 0 Å². The molecule has 0 aromatic rings. The number of aliphatic hydroxyl groups is 7. The van der Waals surface area contributed by atoms with Crippen LogP contribution in [0.25, 0.3) is 0 Å². The second-order valence-corrected chi connectivity index (χ2v) is 20.7. The van der Waals surface area contributed by atoms with Crippen molar-refractivity contribution in [1.29, 1.82) is 0 Å². The first-order chi connectivity index (χ1) is 25.6. The molecular weight excluding hydrogens is 712 g/mol. The number of allylic oxidation sites excluding steroid dienone is 2. The molecule has 0 aromatic carbocycles. The predicted octanol–water partition coefficient (Wildman–Crippen LogP) is 2.88. The summed E-state index contributed by atoms with van der Waals surface area (Å²) in [6, 6.07) is 0. The summed E-state index contributed by atoms with van der Waals surface area (Å²) < 4.78 is 24.4. The molecule has 8 N–H and O–H groups in total. The van der Waals surface area contributed by atoms with Crippen molar-refractivity contribution in [1.82, 2.24) is 0 Å². The van der Waals surface area contributed by atoms with Crippen molar-refractivity contribution < 1.29 is 64.6 Å². The second-order valence-electron chi connectivity index (χ2n) is 20.7. The van der Waals surface area contributed by atoms with Gasteiger partial charge in [0.2, 0.25) is 0 Å². The van der Waals surface area contributed by atoms with Crippen molar-refractivity contribution in [2.24, 2.45) is 50.2 Å². The predicted molar refractivity (Wildman–Crippen MR) is 198 cm³/mol. The Morgan fingerprint density at radius 2 is 1.35 bits per heavy atom. The van der Waals surface area contributed by atoms with Gasteiger partial charge in [-0.05, 0) is 109 Å². The monoisotopic (exact) mass is 780 g/mol. The maximum atomic E-state index is 13.1. The fraction of sp³-hybridized carbons (Fsp3) is 0.929. The molecule has 0 unspecified atom stereocenters. The normalized spacial score (nSPS) is 53.2. The summed E-state index contributed by atoms with van der Waals surface area (Å²) in [4.78, 5) is 13.1. The molecule has 2 heterocycles. The van der Waals surface area contributed by atoms with Gasteiger partial charge in [0.1, 0.15) is 48.8 Å². The van der Waals surface area contributed by atoms with Crippen LogP contribution in [0.1, 0.15) is 113 Å². The van der Waals surface area contributed by atoms with Gasteiger partial charge in [0, 0.05) is 0 Å². The summed E-state index contributed by atoms with van der Waals surface area (Å²) in [5, 5.41) is 84.1. The maximum absolute atomic E-state index is 13.1. The zero-order valence-corrected chi connectivity index (χ0v) is 33.8. The van der Waals surface area contributed by atoms with Crippen molar-refractivity contribution in [3.8, 4) is 0 Å². The number of rotatable bonds is 7. The topological polar surface area (TPSA) is 216 Å². The first-order valence-corrected chi connectivity index (χ1v) is 20.8. The number of carboxylic acid groups (broad SMARTS) is 1. The number of aliphatic hydroxyl groups excluding tert-OH is 7. The largest absolute Gasteiger partial charge is 0.481 e. The van der Waals surface area contributed by atoms with Gasteiger partial charge in [0.05, 0.1) is 24.7 Å². The van der Waals surface area contributed by atoms with Crippen molar-refractivity contribution in [3.63, 3.8) is 0 Å². The van der Waals surface area contributed by atoms with Gasteiger partial charge >= 0.3 is 5.97 Å². The van der Waals surface area contributed by atoms with Crippen LogP contribution < -0.4 is 0 Å². The van der Waals surface area contributed by atoms with Crippen LogP contribution in [0.2, 0.25) is 0 Å². The Morgan fingerprint density at radius 3 is 1.98 bits per heavy atom. The van der Waals surface area contributed by atoms with Gasteiger partial charge in [-0.1, -0.05) is 60.1 Å². The van der Waals surface area contributed by atoms with Crippen molar-refractivity contribution in [2.45, 2.75) is 180 Å². The summed E-state index contributed by atoms with van der Waals surface area (Å²) in [5.74, 6) is 0.0181. The summed E-state index contributed by atoms with van der Waals surface area (Å²) >= 11 is 0. The highest BCUT2D eigenvalue weighted by molar-refractivity contribution is 5.76. The number of hydrogen-bond donors (Lipinski definition) is 8. The minimum atomic E-state index is -1.75. The highest BCUT2D eigenvalue weighted by Gasteiger charge is 2.69. The third-order valence-corrected chi connectivity index (χ3v) is 17.3. The van der Waals surface area contributed by atoms with Crippen LogP contribution in [0.3, 0.4) is 0 Å². The van der Waals surface area contributed by atoms with E-state index in [2.05, 4.69) is 54.5 Å². The molecule has 5 aliphatic carbocycles. The molecule has 55 heavy (non-hydrogen) atoms. The minimum Gasteiger partial charge on any atom is -0.481 e. The van der Waals surface area contributed by atoms with Crippen LogP contribution in [0.5, 0.6) is 0 Å². The van der Waals surface area contributed by atoms with Crippen LogP contribution in [-0.2, 0) is 23.7 Å². The second kappa shape index (κ2) is 14.2. The molecule has 13 heteroatoms. The summed E-state index contributed by atoms with van der Waals surface area (Å²) in [7, 11) is 0. The van der Waals surface area contributed by atoms with Gasteiger partial charge < -0.3 is 59.8 Å². The maximum Gasteiger partial charge on any atom is 0.310 e. The Balaban J connectivity index is 1.15. The Labute approximate surface area is 325 Å². The lowest BCUT2D eigenvalue weighted by molar-refractivity contribution is -0.378. The van der Waals surface area contributed by atoms with E-state index in [9.17, 15) is 45.6 Å². The molecular formula is C42H68O13. The average molecular weight is 781 g/mol. The summed E-state index contributed by atoms with van der Waals surface area (Å²) in [6.45, 7) is 15.1. The zero-order chi connectivity index (χ0) is 40.3. The van der Waals surface area contributed by atoms with E-state index in [1.807, 2.05) is 0 Å². The third kappa shape index (κ3) is 6.23. The molecule has 7 aliphatic rings. The van der Waals surface area contributed by atoms with Gasteiger partial charge in [0.15, 0.2) is 12.6 Å². The average Bonchev–Trinajstić information content (AvgIpc) is 3.12.